The largest absolute Gasteiger partial charge is 0.504 e. The molecule has 1 aliphatic heterocycles. The minimum Gasteiger partial charge on any atom is -0.504 e. The van der Waals surface area contributed by atoms with Gasteiger partial charge < -0.3 is 25.2 Å². The average Bonchev–Trinajstić information content (AvgIpc) is 3.23. The number of methoxy groups -OCH3 is 1. The predicted molar refractivity (Wildman–Crippen MR) is 115 cm³/mol. The van der Waals surface area contributed by atoms with Crippen LogP contribution in [0.2, 0.25) is 0 Å². The lowest BCUT2D eigenvalue weighted by atomic mass is 9.94. The molecule has 1 aliphatic rings. The summed E-state index contributed by atoms with van der Waals surface area (Å²) in [5, 5.41) is 20.5. The maximum absolute atomic E-state index is 13.4. The first-order chi connectivity index (χ1) is 15.0. The molecule has 31 heavy (non-hydrogen) atoms. The van der Waals surface area contributed by atoms with Gasteiger partial charge in [0.25, 0.3) is 5.91 Å². The lowest BCUT2D eigenvalue weighted by Crippen LogP contribution is -2.31. The van der Waals surface area contributed by atoms with E-state index in [1.807, 2.05) is 26.0 Å². The molecule has 0 unspecified atom stereocenters. The third-order valence-electron chi connectivity index (χ3n) is 4.99. The number of ether oxygens (including phenoxy) is 2. The molecule has 0 saturated carbocycles. The minimum absolute atomic E-state index is 0.0269. The number of phenols is 1. The van der Waals surface area contributed by atoms with Gasteiger partial charge in [-0.25, -0.2) is 4.68 Å². The first-order valence-electron chi connectivity index (χ1n) is 9.80. The topological polar surface area (TPSA) is 111 Å². The van der Waals surface area contributed by atoms with Crippen molar-refractivity contribution in [1.29, 1.82) is 0 Å². The molecule has 4 rings (SSSR count). The second-order valence-corrected chi connectivity index (χ2v) is 6.91. The number of phenolic OH excluding ortho intramolecular Hbond substituents is 1. The Balaban J connectivity index is 1.78. The Morgan fingerprint density at radius 2 is 2.06 bits per heavy atom. The van der Waals surface area contributed by atoms with Gasteiger partial charge in [0.05, 0.1) is 25.0 Å². The zero-order valence-electron chi connectivity index (χ0n) is 17.4. The van der Waals surface area contributed by atoms with Gasteiger partial charge in [0, 0.05) is 5.70 Å². The van der Waals surface area contributed by atoms with Crippen molar-refractivity contribution in [2.24, 2.45) is 0 Å². The Kier molecular flexibility index (Phi) is 5.48. The molecular formula is C22H23N5O4. The summed E-state index contributed by atoms with van der Waals surface area (Å²) in [6, 6.07) is 11.6. The van der Waals surface area contributed by atoms with E-state index in [9.17, 15) is 9.90 Å². The number of hydrogen-bond donors (Lipinski definition) is 3. The monoisotopic (exact) mass is 421 g/mol. The molecule has 160 valence electrons. The van der Waals surface area contributed by atoms with Gasteiger partial charge in [-0.05, 0) is 43.7 Å². The van der Waals surface area contributed by atoms with Crippen molar-refractivity contribution >= 4 is 17.5 Å². The quantitative estimate of drug-likeness (QED) is 0.560. The molecular weight excluding hydrogens is 398 g/mol. The minimum atomic E-state index is -0.576. The van der Waals surface area contributed by atoms with E-state index in [0.717, 1.165) is 5.56 Å². The highest BCUT2D eigenvalue weighted by atomic mass is 16.5. The lowest BCUT2D eigenvalue weighted by Gasteiger charge is -2.29. The maximum Gasteiger partial charge on any atom is 0.255 e. The van der Waals surface area contributed by atoms with Gasteiger partial charge >= 0.3 is 0 Å². The molecule has 2 heterocycles. The molecule has 1 amide bonds. The van der Waals surface area contributed by atoms with Crippen molar-refractivity contribution in [3.05, 3.63) is 65.6 Å². The fraction of sp³-hybridized carbons (Fsp3) is 0.227. The Hall–Kier alpha value is -4.01. The van der Waals surface area contributed by atoms with Gasteiger partial charge in [-0.3, -0.25) is 4.79 Å². The molecule has 0 spiro atoms. The van der Waals surface area contributed by atoms with E-state index in [1.165, 1.54) is 6.33 Å². The van der Waals surface area contributed by atoms with Crippen molar-refractivity contribution in [3.63, 3.8) is 0 Å². The SMILES string of the molecule is CCOc1cc([C@@H]2C(C(=O)Nc3ccccc3OC)=C(C)Nc3ncnn32)ccc1O. The summed E-state index contributed by atoms with van der Waals surface area (Å²) in [7, 11) is 1.55. The summed E-state index contributed by atoms with van der Waals surface area (Å²) in [6.45, 7) is 4.04. The van der Waals surface area contributed by atoms with E-state index in [-0.39, 0.29) is 11.7 Å². The number of hydrogen-bond acceptors (Lipinski definition) is 7. The molecule has 0 bridgehead atoms. The normalized spacial score (nSPS) is 15.1. The van der Waals surface area contributed by atoms with Crippen LogP contribution in [0.5, 0.6) is 17.2 Å². The third-order valence-corrected chi connectivity index (χ3v) is 4.99. The number of anilines is 2. The van der Waals surface area contributed by atoms with Gasteiger partial charge in [-0.1, -0.05) is 18.2 Å². The van der Waals surface area contributed by atoms with Crippen LogP contribution < -0.4 is 20.1 Å². The number of carbonyl (C=O) groups is 1. The van der Waals surface area contributed by atoms with Gasteiger partial charge in [0.1, 0.15) is 18.1 Å². The number of rotatable bonds is 6. The number of aromatic nitrogens is 3. The van der Waals surface area contributed by atoms with Crippen LogP contribution in [-0.2, 0) is 4.79 Å². The van der Waals surface area contributed by atoms with Crippen LogP contribution in [0, 0.1) is 0 Å². The summed E-state index contributed by atoms with van der Waals surface area (Å²) in [4.78, 5) is 17.7. The van der Waals surface area contributed by atoms with Crippen molar-refractivity contribution in [3.8, 4) is 17.2 Å². The smallest absolute Gasteiger partial charge is 0.255 e. The molecule has 0 fully saturated rings. The first kappa shape index (κ1) is 20.3. The fourth-order valence-electron chi connectivity index (χ4n) is 3.60. The first-order valence-corrected chi connectivity index (χ1v) is 9.80. The molecule has 2 aromatic carbocycles. The van der Waals surface area contributed by atoms with Crippen molar-refractivity contribution in [2.45, 2.75) is 19.9 Å². The maximum atomic E-state index is 13.4. The number of aromatic hydroxyl groups is 1. The molecule has 9 heteroatoms. The summed E-state index contributed by atoms with van der Waals surface area (Å²) in [6.07, 6.45) is 1.42. The number of allylic oxidation sites excluding steroid dienone is 1. The van der Waals surface area contributed by atoms with Crippen LogP contribution in [0.4, 0.5) is 11.6 Å². The predicted octanol–water partition coefficient (Wildman–Crippen LogP) is 3.32. The lowest BCUT2D eigenvalue weighted by molar-refractivity contribution is -0.113. The highest BCUT2D eigenvalue weighted by molar-refractivity contribution is 6.06. The molecule has 3 aromatic rings. The van der Waals surface area contributed by atoms with E-state index >= 15 is 0 Å². The number of amides is 1. The second kappa shape index (κ2) is 8.39. The molecule has 1 aromatic heterocycles. The van der Waals surface area contributed by atoms with E-state index in [1.54, 1.807) is 42.1 Å². The number of carbonyl (C=O) groups excluding carboxylic acids is 1. The van der Waals surface area contributed by atoms with E-state index in [2.05, 4.69) is 20.7 Å². The molecule has 3 N–H and O–H groups in total. The van der Waals surface area contributed by atoms with E-state index in [0.29, 0.717) is 41.0 Å². The number of nitrogens with zero attached hydrogens (tertiary/aromatic N) is 3. The molecule has 0 saturated heterocycles. The highest BCUT2D eigenvalue weighted by Crippen LogP contribution is 2.39. The van der Waals surface area contributed by atoms with E-state index in [4.69, 9.17) is 9.47 Å². The Morgan fingerprint density at radius 1 is 1.26 bits per heavy atom. The highest BCUT2D eigenvalue weighted by Gasteiger charge is 2.34. The van der Waals surface area contributed by atoms with Crippen LogP contribution >= 0.6 is 0 Å². The van der Waals surface area contributed by atoms with Crippen LogP contribution in [0.3, 0.4) is 0 Å². The van der Waals surface area contributed by atoms with Crippen LogP contribution in [0.1, 0.15) is 25.5 Å². The van der Waals surface area contributed by atoms with E-state index < -0.39 is 6.04 Å². The number of benzene rings is 2. The Morgan fingerprint density at radius 3 is 2.84 bits per heavy atom. The van der Waals surface area contributed by atoms with Gasteiger partial charge in [-0.2, -0.15) is 10.1 Å². The number of nitrogens with one attached hydrogen (secondary N) is 2. The van der Waals surface area contributed by atoms with Crippen LogP contribution in [0.25, 0.3) is 0 Å². The zero-order chi connectivity index (χ0) is 22.0. The zero-order valence-corrected chi connectivity index (χ0v) is 17.4. The summed E-state index contributed by atoms with van der Waals surface area (Å²) >= 11 is 0. The summed E-state index contributed by atoms with van der Waals surface area (Å²) in [5.41, 5.74) is 2.37. The average molecular weight is 421 g/mol. The standard InChI is InChI=1S/C22H23N5O4/c1-4-31-18-11-14(9-10-16(18)28)20-19(13(2)25-22-23-12-24-27(20)22)21(29)26-15-7-5-6-8-17(15)30-3/h5-12,20,28H,4H2,1-3H3,(H,26,29)(H,23,24,25)/t20-/m1/s1. The Bertz CT molecular complexity index is 1150. The molecule has 0 aliphatic carbocycles. The number of fused-ring (bicyclic) bond motifs is 1. The molecule has 1 atom stereocenters. The third kappa shape index (κ3) is 3.77. The van der Waals surface area contributed by atoms with Gasteiger partial charge in [0.15, 0.2) is 11.5 Å². The van der Waals surface area contributed by atoms with Crippen molar-refractivity contribution in [2.75, 3.05) is 24.4 Å². The van der Waals surface area contributed by atoms with Crippen molar-refractivity contribution < 1.29 is 19.4 Å². The van der Waals surface area contributed by atoms with Gasteiger partial charge in [-0.15, -0.1) is 0 Å². The Labute approximate surface area is 179 Å². The van der Waals surface area contributed by atoms with Gasteiger partial charge in [0.2, 0.25) is 5.95 Å². The van der Waals surface area contributed by atoms with Crippen molar-refractivity contribution in [1.82, 2.24) is 14.8 Å². The fourth-order valence-corrected chi connectivity index (χ4v) is 3.60. The molecule has 0 radical (unpaired) electrons. The van der Waals surface area contributed by atoms with Crippen LogP contribution in [0.15, 0.2) is 60.1 Å². The van der Waals surface area contributed by atoms with Crippen LogP contribution in [-0.4, -0.2) is 39.5 Å². The second-order valence-electron chi connectivity index (χ2n) is 6.91. The summed E-state index contributed by atoms with van der Waals surface area (Å²) < 4.78 is 12.5. The number of para-hydroxylation sites is 2. The molecule has 9 nitrogen and oxygen atoms in total. The summed E-state index contributed by atoms with van der Waals surface area (Å²) in [5.74, 6) is 1.12.